The van der Waals surface area contributed by atoms with Gasteiger partial charge in [0, 0.05) is 28.8 Å². The van der Waals surface area contributed by atoms with Gasteiger partial charge in [-0.15, -0.1) is 0 Å². The van der Waals surface area contributed by atoms with Crippen LogP contribution in [0.2, 0.25) is 0 Å². The van der Waals surface area contributed by atoms with Gasteiger partial charge in [-0.2, -0.15) is 0 Å². The van der Waals surface area contributed by atoms with Gasteiger partial charge in [-0.05, 0) is 30.3 Å². The maximum Gasteiger partial charge on any atom is 0.344 e. The third-order valence-corrected chi connectivity index (χ3v) is 6.16. The summed E-state index contributed by atoms with van der Waals surface area (Å²) in [7, 11) is 0. The first-order valence-corrected chi connectivity index (χ1v) is 11.7. The van der Waals surface area contributed by atoms with Crippen molar-refractivity contribution in [2.45, 2.75) is 15.3 Å². The van der Waals surface area contributed by atoms with Crippen LogP contribution in [0.4, 0.5) is 0 Å². The van der Waals surface area contributed by atoms with Gasteiger partial charge < -0.3 is 18.9 Å². The molecule has 5 rings (SSSR count). The molecule has 0 saturated heterocycles. The summed E-state index contributed by atoms with van der Waals surface area (Å²) in [6, 6.07) is 16.1. The van der Waals surface area contributed by atoms with Crippen LogP contribution < -0.4 is 14.2 Å². The molecular formula is C24H12Cl4O7. The van der Waals surface area contributed by atoms with E-state index in [-0.39, 0.29) is 23.0 Å². The lowest BCUT2D eigenvalue weighted by atomic mass is 9.77. The van der Waals surface area contributed by atoms with Gasteiger partial charge in [0.15, 0.2) is 5.60 Å². The van der Waals surface area contributed by atoms with Gasteiger partial charge in [0.25, 0.3) is 0 Å². The summed E-state index contributed by atoms with van der Waals surface area (Å²) in [6.45, 7) is 0. The monoisotopic (exact) mass is 552 g/mol. The molecule has 0 radical (unpaired) electrons. The first-order chi connectivity index (χ1) is 16.7. The molecule has 0 saturated carbocycles. The zero-order valence-corrected chi connectivity index (χ0v) is 20.3. The van der Waals surface area contributed by atoms with Crippen molar-refractivity contribution < 1.29 is 33.3 Å². The molecule has 0 bridgehead atoms. The highest BCUT2D eigenvalue weighted by Crippen LogP contribution is 2.57. The van der Waals surface area contributed by atoms with Crippen LogP contribution in [0.25, 0.3) is 0 Å². The zero-order chi connectivity index (χ0) is 24.9. The number of benzene rings is 3. The highest BCUT2D eigenvalue weighted by Gasteiger charge is 2.53. The molecule has 3 aromatic rings. The van der Waals surface area contributed by atoms with E-state index in [0.717, 1.165) is 0 Å². The summed E-state index contributed by atoms with van der Waals surface area (Å²) in [5.41, 5.74) is 0.584. The third kappa shape index (κ3) is 3.98. The van der Waals surface area contributed by atoms with E-state index in [0.29, 0.717) is 22.3 Å². The Labute approximate surface area is 218 Å². The van der Waals surface area contributed by atoms with Gasteiger partial charge >= 0.3 is 17.9 Å². The number of esters is 3. The molecular weight excluding hydrogens is 542 g/mol. The lowest BCUT2D eigenvalue weighted by Gasteiger charge is -2.36. The maximum absolute atomic E-state index is 12.9. The van der Waals surface area contributed by atoms with Gasteiger partial charge in [-0.1, -0.05) is 64.6 Å². The van der Waals surface area contributed by atoms with E-state index in [1.165, 1.54) is 24.3 Å². The van der Waals surface area contributed by atoms with Crippen LogP contribution >= 0.6 is 46.4 Å². The van der Waals surface area contributed by atoms with E-state index in [1.807, 2.05) is 0 Å². The lowest BCUT2D eigenvalue weighted by molar-refractivity contribution is -0.133. The Balaban J connectivity index is 1.68. The van der Waals surface area contributed by atoms with Gasteiger partial charge in [-0.25, -0.2) is 14.4 Å². The number of fused-ring (bicyclic) bond motifs is 6. The first kappa shape index (κ1) is 23.8. The van der Waals surface area contributed by atoms with Crippen LogP contribution in [0.3, 0.4) is 0 Å². The predicted octanol–water partition coefficient (Wildman–Crippen LogP) is 5.67. The summed E-state index contributed by atoms with van der Waals surface area (Å²) in [4.78, 5) is 33.8. The van der Waals surface area contributed by atoms with E-state index in [4.69, 9.17) is 65.4 Å². The number of rotatable bonds is 4. The highest BCUT2D eigenvalue weighted by atomic mass is 35.5. The molecule has 0 unspecified atom stereocenters. The second-order valence-corrected chi connectivity index (χ2v) is 9.67. The second-order valence-electron chi connectivity index (χ2n) is 7.48. The molecule has 178 valence electrons. The fraction of sp³-hybridized carbons (Fsp3) is 0.125. The first-order valence-electron chi connectivity index (χ1n) is 10.00. The molecule has 3 aromatic carbocycles. The van der Waals surface area contributed by atoms with E-state index in [2.05, 4.69) is 0 Å². The Morgan fingerprint density at radius 1 is 0.743 bits per heavy atom. The molecule has 0 N–H and O–H groups in total. The molecule has 2 heterocycles. The SMILES string of the molecule is O=C1OC2(c3ccc(OC(=O)C(Cl)Cl)cc3Oc3cc(OC(=O)C(Cl)Cl)ccc32)c2ccccc21. The Morgan fingerprint density at radius 3 is 1.77 bits per heavy atom. The maximum atomic E-state index is 12.9. The topological polar surface area (TPSA) is 88.1 Å². The van der Waals surface area contributed by atoms with Crippen LogP contribution in [-0.2, 0) is 19.9 Å². The minimum Gasteiger partial charge on any atom is -0.456 e. The number of halogens is 4. The zero-order valence-electron chi connectivity index (χ0n) is 17.3. The fourth-order valence-corrected chi connectivity index (χ4v) is 4.26. The molecule has 0 amide bonds. The van der Waals surface area contributed by atoms with Crippen LogP contribution in [0.1, 0.15) is 27.0 Å². The van der Waals surface area contributed by atoms with Gasteiger partial charge in [0.05, 0.1) is 5.56 Å². The Bertz CT molecular complexity index is 1310. The van der Waals surface area contributed by atoms with Crippen molar-refractivity contribution in [1.29, 1.82) is 0 Å². The fourth-order valence-electron chi connectivity index (χ4n) is 4.09. The quantitative estimate of drug-likeness (QED) is 0.233. The molecule has 7 nitrogen and oxygen atoms in total. The Kier molecular flexibility index (Phi) is 6.05. The molecule has 0 fully saturated rings. The summed E-state index contributed by atoms with van der Waals surface area (Å²) in [5, 5.41) is 0. The summed E-state index contributed by atoms with van der Waals surface area (Å²) in [6.07, 6.45) is 0. The number of carbonyl (C=O) groups excluding carboxylic acids is 3. The standard InChI is InChI=1S/C24H12Cl4O7/c25-19(26)22(30)32-11-5-7-15-17(9-11)34-18-10-12(33-23(31)20(27)28)6-8-16(18)24(15)14-4-2-1-3-13(14)21(29)35-24/h1-10,19-20H. The van der Waals surface area contributed by atoms with Crippen molar-refractivity contribution in [3.05, 3.63) is 82.9 Å². The van der Waals surface area contributed by atoms with Crippen molar-refractivity contribution in [3.63, 3.8) is 0 Å². The minimum atomic E-state index is -1.38. The Morgan fingerprint density at radius 2 is 1.26 bits per heavy atom. The molecule has 0 aromatic heterocycles. The largest absolute Gasteiger partial charge is 0.456 e. The third-order valence-electron chi connectivity index (χ3n) is 5.45. The lowest BCUT2D eigenvalue weighted by Crippen LogP contribution is -2.33. The van der Waals surface area contributed by atoms with Gasteiger partial charge in [-0.3, -0.25) is 0 Å². The number of ether oxygens (including phenoxy) is 4. The van der Waals surface area contributed by atoms with Crippen molar-refractivity contribution in [2.75, 3.05) is 0 Å². The van der Waals surface area contributed by atoms with Crippen LogP contribution in [0, 0.1) is 0 Å². The average Bonchev–Trinajstić information content (AvgIpc) is 3.11. The minimum absolute atomic E-state index is 0.103. The van der Waals surface area contributed by atoms with Crippen LogP contribution in [0.15, 0.2) is 60.7 Å². The summed E-state index contributed by atoms with van der Waals surface area (Å²) < 4.78 is 22.5. The summed E-state index contributed by atoms with van der Waals surface area (Å²) >= 11 is 22.3. The van der Waals surface area contributed by atoms with Crippen molar-refractivity contribution in [2.24, 2.45) is 0 Å². The molecule has 0 atom stereocenters. The van der Waals surface area contributed by atoms with Crippen molar-refractivity contribution in [3.8, 4) is 23.0 Å². The summed E-state index contributed by atoms with van der Waals surface area (Å²) in [5.74, 6) is -1.61. The molecule has 0 aliphatic carbocycles. The van der Waals surface area contributed by atoms with E-state index >= 15 is 0 Å². The number of carbonyl (C=O) groups is 3. The number of alkyl halides is 4. The van der Waals surface area contributed by atoms with E-state index in [9.17, 15) is 14.4 Å². The van der Waals surface area contributed by atoms with E-state index < -0.39 is 33.2 Å². The molecule has 1 spiro atoms. The van der Waals surface area contributed by atoms with Gasteiger partial charge in [0.2, 0.25) is 9.67 Å². The second kappa shape index (κ2) is 8.91. The normalized spacial score (nSPS) is 14.6. The molecule has 11 heteroatoms. The van der Waals surface area contributed by atoms with Crippen molar-refractivity contribution >= 4 is 64.3 Å². The molecule has 2 aliphatic rings. The number of hydrogen-bond acceptors (Lipinski definition) is 7. The Hall–Kier alpha value is -2.97. The predicted molar refractivity (Wildman–Crippen MR) is 127 cm³/mol. The number of hydrogen-bond donors (Lipinski definition) is 0. The molecule has 35 heavy (non-hydrogen) atoms. The van der Waals surface area contributed by atoms with Crippen LogP contribution in [0.5, 0.6) is 23.0 Å². The van der Waals surface area contributed by atoms with Crippen molar-refractivity contribution in [1.82, 2.24) is 0 Å². The average molecular weight is 554 g/mol. The highest BCUT2D eigenvalue weighted by molar-refractivity contribution is 6.53. The van der Waals surface area contributed by atoms with Gasteiger partial charge in [0.1, 0.15) is 23.0 Å². The van der Waals surface area contributed by atoms with E-state index in [1.54, 1.807) is 36.4 Å². The molecule has 2 aliphatic heterocycles. The van der Waals surface area contributed by atoms with Crippen LogP contribution in [-0.4, -0.2) is 27.6 Å². The smallest absolute Gasteiger partial charge is 0.344 e.